The third kappa shape index (κ3) is 4.61. The normalized spacial score (nSPS) is 13.8. The zero-order valence-corrected chi connectivity index (χ0v) is 7.87. The van der Waals surface area contributed by atoms with Gasteiger partial charge in [-0.25, -0.2) is 22.3 Å². The van der Waals surface area contributed by atoms with Crippen molar-refractivity contribution in [3.8, 4) is 0 Å². The van der Waals surface area contributed by atoms with E-state index in [-0.39, 0.29) is 0 Å². The molecule has 0 spiro atoms. The Morgan fingerprint density at radius 2 is 1.83 bits per heavy atom. The van der Waals surface area contributed by atoms with Gasteiger partial charge in [-0.05, 0) is 0 Å². The molecule has 0 aromatic heterocycles. The summed E-state index contributed by atoms with van der Waals surface area (Å²) in [5.74, 6) is -4.48. The minimum absolute atomic E-state index is 0.668. The smallest absolute Gasteiger partial charge is 0.229 e. The quantitative estimate of drug-likeness (QED) is 0.736. The van der Waals surface area contributed by atoms with E-state index in [0.29, 0.717) is 0 Å². The van der Waals surface area contributed by atoms with Crippen LogP contribution in [0.3, 0.4) is 0 Å². The standard InChI is InChI=1S/C6H13F2NO2S/c1-5(2)6(7,8)3-4-12(9,10)11/h5H,3-4H2,1-2H3,(H2,9,10,11). The second-order valence-corrected chi connectivity index (χ2v) is 4.77. The number of hydrogen-bond donors (Lipinski definition) is 1. The number of sulfonamides is 1. The van der Waals surface area contributed by atoms with Crippen molar-refractivity contribution in [3.05, 3.63) is 0 Å². The maximum atomic E-state index is 12.8. The van der Waals surface area contributed by atoms with Crippen LogP contribution in [0, 0.1) is 5.92 Å². The molecule has 6 heteroatoms. The van der Waals surface area contributed by atoms with Gasteiger partial charge in [0.15, 0.2) is 0 Å². The van der Waals surface area contributed by atoms with Crippen molar-refractivity contribution in [1.82, 2.24) is 0 Å². The lowest BCUT2D eigenvalue weighted by atomic mass is 10.0. The summed E-state index contributed by atoms with van der Waals surface area (Å²) in [7, 11) is -3.77. The molecule has 2 N–H and O–H groups in total. The predicted octanol–water partition coefficient (Wildman–Crippen LogP) is 0.956. The van der Waals surface area contributed by atoms with Gasteiger partial charge >= 0.3 is 0 Å². The van der Waals surface area contributed by atoms with Gasteiger partial charge in [0.2, 0.25) is 10.0 Å². The molecule has 0 aliphatic heterocycles. The summed E-state index contributed by atoms with van der Waals surface area (Å²) in [4.78, 5) is 0. The van der Waals surface area contributed by atoms with Crippen molar-refractivity contribution >= 4 is 10.0 Å². The molecule has 0 aliphatic rings. The van der Waals surface area contributed by atoms with E-state index in [0.717, 1.165) is 0 Å². The van der Waals surface area contributed by atoms with E-state index in [1.54, 1.807) is 0 Å². The van der Waals surface area contributed by atoms with Crippen molar-refractivity contribution in [2.45, 2.75) is 26.2 Å². The molecule has 12 heavy (non-hydrogen) atoms. The molecule has 3 nitrogen and oxygen atoms in total. The Hall–Kier alpha value is -0.230. The third-order valence-corrected chi connectivity index (χ3v) is 2.34. The number of nitrogens with two attached hydrogens (primary N) is 1. The van der Waals surface area contributed by atoms with Crippen LogP contribution in [0.25, 0.3) is 0 Å². The number of primary sulfonamides is 1. The summed E-state index contributed by atoms with van der Waals surface area (Å²) in [6.07, 6.45) is -0.705. The van der Waals surface area contributed by atoms with Gasteiger partial charge in [-0.15, -0.1) is 0 Å². The molecule has 0 atom stereocenters. The first-order valence-electron chi connectivity index (χ1n) is 3.53. The van der Waals surface area contributed by atoms with Gasteiger partial charge in [0.1, 0.15) is 0 Å². The number of hydrogen-bond acceptors (Lipinski definition) is 2. The molecule has 0 bridgehead atoms. The zero-order chi connectivity index (χ0) is 9.99. The Balaban J connectivity index is 4.10. The van der Waals surface area contributed by atoms with Crippen molar-refractivity contribution in [1.29, 1.82) is 0 Å². The average molecular weight is 201 g/mol. The highest BCUT2D eigenvalue weighted by Crippen LogP contribution is 2.27. The van der Waals surface area contributed by atoms with Crippen LogP contribution in [0.4, 0.5) is 8.78 Å². The number of halogens is 2. The molecule has 0 aliphatic carbocycles. The van der Waals surface area contributed by atoms with Gasteiger partial charge in [-0.1, -0.05) is 13.8 Å². The fraction of sp³-hybridized carbons (Fsp3) is 1.00. The highest BCUT2D eigenvalue weighted by atomic mass is 32.2. The molecule has 0 heterocycles. The summed E-state index contributed by atoms with van der Waals surface area (Å²) >= 11 is 0. The molecule has 0 unspecified atom stereocenters. The van der Waals surface area contributed by atoms with E-state index in [2.05, 4.69) is 5.14 Å². The molecule has 0 rings (SSSR count). The van der Waals surface area contributed by atoms with Crippen molar-refractivity contribution in [3.63, 3.8) is 0 Å². The Labute approximate surface area is 71.0 Å². The van der Waals surface area contributed by atoms with Crippen LogP contribution >= 0.6 is 0 Å². The van der Waals surface area contributed by atoms with Crippen molar-refractivity contribution in [2.75, 3.05) is 5.75 Å². The van der Waals surface area contributed by atoms with E-state index >= 15 is 0 Å². The largest absolute Gasteiger partial charge is 0.251 e. The van der Waals surface area contributed by atoms with E-state index in [1.165, 1.54) is 13.8 Å². The lowest BCUT2D eigenvalue weighted by Gasteiger charge is -2.19. The fourth-order valence-electron chi connectivity index (χ4n) is 0.567. The van der Waals surface area contributed by atoms with Crippen LogP contribution in [-0.2, 0) is 10.0 Å². The molecule has 0 fully saturated rings. The summed E-state index contributed by atoms with van der Waals surface area (Å²) in [6, 6.07) is 0. The van der Waals surface area contributed by atoms with Gasteiger partial charge in [-0.3, -0.25) is 0 Å². The minimum Gasteiger partial charge on any atom is -0.229 e. The highest BCUT2D eigenvalue weighted by Gasteiger charge is 2.33. The molecule has 0 amide bonds. The predicted molar refractivity (Wildman–Crippen MR) is 42.4 cm³/mol. The van der Waals surface area contributed by atoms with Crippen molar-refractivity contribution in [2.24, 2.45) is 11.1 Å². The lowest BCUT2D eigenvalue weighted by Crippen LogP contribution is -2.29. The Morgan fingerprint density at radius 1 is 1.42 bits per heavy atom. The summed E-state index contributed by atoms with van der Waals surface area (Å²) in [6.45, 7) is 2.67. The number of alkyl halides is 2. The van der Waals surface area contributed by atoms with Gasteiger partial charge in [-0.2, -0.15) is 0 Å². The van der Waals surface area contributed by atoms with Gasteiger partial charge in [0, 0.05) is 12.3 Å². The van der Waals surface area contributed by atoms with Crippen LogP contribution in [0.2, 0.25) is 0 Å². The maximum Gasteiger partial charge on any atom is 0.251 e. The highest BCUT2D eigenvalue weighted by molar-refractivity contribution is 7.89. The molecule has 0 saturated heterocycles. The molecule has 0 aromatic carbocycles. The monoisotopic (exact) mass is 201 g/mol. The summed E-state index contributed by atoms with van der Waals surface area (Å²) in [5, 5.41) is 4.58. The van der Waals surface area contributed by atoms with Crippen molar-refractivity contribution < 1.29 is 17.2 Å². The van der Waals surface area contributed by atoms with E-state index < -0.39 is 34.0 Å². The summed E-state index contributed by atoms with van der Waals surface area (Å²) < 4.78 is 46.2. The molecule has 0 aromatic rings. The first-order valence-corrected chi connectivity index (χ1v) is 5.25. The first kappa shape index (κ1) is 11.8. The SMILES string of the molecule is CC(C)C(F)(F)CCS(N)(=O)=O. The lowest BCUT2D eigenvalue weighted by molar-refractivity contribution is -0.0470. The van der Waals surface area contributed by atoms with E-state index in [9.17, 15) is 17.2 Å². The van der Waals surface area contributed by atoms with Crippen LogP contribution in [-0.4, -0.2) is 20.1 Å². The fourth-order valence-corrected chi connectivity index (χ4v) is 1.12. The minimum atomic E-state index is -3.77. The van der Waals surface area contributed by atoms with E-state index in [4.69, 9.17) is 0 Å². The molecule has 74 valence electrons. The van der Waals surface area contributed by atoms with E-state index in [1.807, 2.05) is 0 Å². The second kappa shape index (κ2) is 3.66. The topological polar surface area (TPSA) is 60.2 Å². The number of rotatable bonds is 4. The van der Waals surface area contributed by atoms with Crippen LogP contribution in [0.1, 0.15) is 20.3 Å². The van der Waals surface area contributed by atoms with Crippen LogP contribution in [0.15, 0.2) is 0 Å². The van der Waals surface area contributed by atoms with Gasteiger partial charge in [0.05, 0.1) is 5.75 Å². The second-order valence-electron chi connectivity index (χ2n) is 3.03. The summed E-state index contributed by atoms with van der Waals surface area (Å²) in [5.41, 5.74) is 0. The Bertz CT molecular complexity index is 236. The zero-order valence-electron chi connectivity index (χ0n) is 7.05. The Kier molecular flexibility index (Phi) is 3.59. The average Bonchev–Trinajstić information content (AvgIpc) is 1.82. The Morgan fingerprint density at radius 3 is 2.08 bits per heavy atom. The van der Waals surface area contributed by atoms with Gasteiger partial charge in [0.25, 0.3) is 5.92 Å². The van der Waals surface area contributed by atoms with Crippen LogP contribution in [0.5, 0.6) is 0 Å². The molecular formula is C6H13F2NO2S. The third-order valence-electron chi connectivity index (χ3n) is 1.56. The maximum absolute atomic E-state index is 12.8. The van der Waals surface area contributed by atoms with Gasteiger partial charge < -0.3 is 0 Å². The molecule has 0 saturated carbocycles. The first-order chi connectivity index (χ1) is 5.15. The van der Waals surface area contributed by atoms with Crippen LogP contribution < -0.4 is 5.14 Å². The molecule has 0 radical (unpaired) electrons. The molecular weight excluding hydrogens is 188 g/mol.